The van der Waals surface area contributed by atoms with Crippen LogP contribution in [0.4, 0.5) is 13.2 Å². The van der Waals surface area contributed by atoms with Crippen LogP contribution in [0.3, 0.4) is 0 Å². The fourth-order valence-corrected chi connectivity index (χ4v) is 5.46. The molecule has 0 bridgehead atoms. The number of aryl methyl sites for hydroxylation is 1. The van der Waals surface area contributed by atoms with Gasteiger partial charge in [-0.25, -0.2) is 4.98 Å². The van der Waals surface area contributed by atoms with Gasteiger partial charge in [0.2, 0.25) is 5.91 Å². The first kappa shape index (κ1) is 25.5. The second-order valence-electron chi connectivity index (χ2n) is 9.98. The second kappa shape index (κ2) is 10.3. The second-order valence-corrected chi connectivity index (χ2v) is 9.98. The monoisotopic (exact) mass is 521 g/mol. The van der Waals surface area contributed by atoms with Crippen molar-refractivity contribution in [3.8, 4) is 5.75 Å². The van der Waals surface area contributed by atoms with Gasteiger partial charge in [0.25, 0.3) is 5.91 Å². The van der Waals surface area contributed by atoms with Gasteiger partial charge in [-0.1, -0.05) is 12.1 Å². The van der Waals surface area contributed by atoms with Crippen LogP contribution in [0.1, 0.15) is 16.1 Å². The number of piperidine rings is 1. The van der Waals surface area contributed by atoms with Gasteiger partial charge in [0.15, 0.2) is 0 Å². The maximum Gasteiger partial charge on any atom is 0.573 e. The van der Waals surface area contributed by atoms with Gasteiger partial charge in [-0.05, 0) is 35.4 Å². The van der Waals surface area contributed by atoms with Gasteiger partial charge in [-0.15, -0.1) is 13.2 Å². The van der Waals surface area contributed by atoms with Crippen molar-refractivity contribution in [3.63, 3.8) is 0 Å². The van der Waals surface area contributed by atoms with E-state index in [0.29, 0.717) is 56.8 Å². The number of aromatic nitrogens is 2. The number of likely N-dealkylation sites (tertiary alicyclic amines) is 1. The van der Waals surface area contributed by atoms with Crippen molar-refractivity contribution in [2.75, 3.05) is 52.5 Å². The summed E-state index contributed by atoms with van der Waals surface area (Å²) in [7, 11) is 1.77. The van der Waals surface area contributed by atoms with Crippen molar-refractivity contribution >= 4 is 11.8 Å². The molecule has 1 aromatic carbocycles. The summed E-state index contributed by atoms with van der Waals surface area (Å²) in [6.07, 6.45) is -1.62. The number of imidazole rings is 1. The first-order valence-corrected chi connectivity index (χ1v) is 12.4. The molecule has 2 unspecified atom stereocenters. The summed E-state index contributed by atoms with van der Waals surface area (Å²) in [6, 6.07) is 5.70. The van der Waals surface area contributed by atoms with Gasteiger partial charge >= 0.3 is 6.36 Å². The number of hydrogen-bond donors (Lipinski definition) is 0. The Morgan fingerprint density at radius 1 is 1.19 bits per heavy atom. The van der Waals surface area contributed by atoms with Crippen LogP contribution in [-0.4, -0.2) is 94.9 Å². The summed E-state index contributed by atoms with van der Waals surface area (Å²) >= 11 is 0. The lowest BCUT2D eigenvalue weighted by molar-refractivity contribution is -0.274. The number of hydrogen-bond acceptors (Lipinski definition) is 6. The lowest BCUT2D eigenvalue weighted by atomic mass is 10.1. The number of alkyl halides is 3. The number of amides is 2. The zero-order valence-electron chi connectivity index (χ0n) is 20.6. The number of rotatable bonds is 8. The van der Waals surface area contributed by atoms with Crippen LogP contribution in [-0.2, 0) is 23.1 Å². The average Bonchev–Trinajstić information content (AvgIpc) is 3.16. The van der Waals surface area contributed by atoms with Crippen LogP contribution >= 0.6 is 0 Å². The maximum absolute atomic E-state index is 13.3. The van der Waals surface area contributed by atoms with Gasteiger partial charge in [0.05, 0.1) is 26.1 Å². The summed E-state index contributed by atoms with van der Waals surface area (Å²) in [6.45, 7) is 5.00. The molecule has 3 fully saturated rings. The summed E-state index contributed by atoms with van der Waals surface area (Å²) in [5.74, 6) is 0.574. The van der Waals surface area contributed by atoms with Crippen molar-refractivity contribution in [1.82, 2.24) is 24.3 Å². The SMILES string of the molecule is Cn1cnc(C(=O)N(Cc2cccc(OC(F)(F)F)c2)CC2C3CN(CC(=O)N4CCOCC4)CC32)c1. The van der Waals surface area contributed by atoms with E-state index in [4.69, 9.17) is 4.74 Å². The molecule has 3 aliphatic rings. The number of carbonyl (C=O) groups excluding carboxylic acids is 2. The third-order valence-corrected chi connectivity index (χ3v) is 7.32. The Balaban J connectivity index is 1.22. The number of halogens is 3. The normalized spacial score (nSPS) is 23.6. The van der Waals surface area contributed by atoms with Crippen LogP contribution in [0.25, 0.3) is 0 Å². The van der Waals surface area contributed by atoms with E-state index in [1.165, 1.54) is 18.2 Å². The number of fused-ring (bicyclic) bond motifs is 1. The molecule has 5 rings (SSSR count). The van der Waals surface area contributed by atoms with Gasteiger partial charge in [-0.2, -0.15) is 0 Å². The standard InChI is InChI=1S/C25H30F3N5O4/c1-30-14-22(29-16-30)24(35)33(10-17-3-2-4-18(9-17)37-25(26,27)28)13-21-19-11-31(12-20(19)21)15-23(34)32-5-7-36-8-6-32/h2-4,9,14,16,19-21H,5-8,10-13,15H2,1H3. The molecule has 1 aliphatic carbocycles. The van der Waals surface area contributed by atoms with Crippen molar-refractivity contribution in [2.24, 2.45) is 24.8 Å². The molecule has 1 aromatic heterocycles. The zero-order valence-corrected chi connectivity index (χ0v) is 20.6. The van der Waals surface area contributed by atoms with Crippen LogP contribution in [0.15, 0.2) is 36.8 Å². The molecular formula is C25H30F3N5O4. The number of benzene rings is 1. The molecule has 2 saturated heterocycles. The summed E-state index contributed by atoms with van der Waals surface area (Å²) in [5.41, 5.74) is 0.823. The Bertz CT molecular complexity index is 1120. The highest BCUT2D eigenvalue weighted by Gasteiger charge is 2.56. The molecule has 2 aromatic rings. The van der Waals surface area contributed by atoms with E-state index >= 15 is 0 Å². The fraction of sp³-hybridized carbons (Fsp3) is 0.560. The van der Waals surface area contributed by atoms with Crippen LogP contribution in [0.2, 0.25) is 0 Å². The van der Waals surface area contributed by atoms with Gasteiger partial charge in [0, 0.05) is 52.5 Å². The first-order valence-electron chi connectivity index (χ1n) is 12.4. The van der Waals surface area contributed by atoms with E-state index < -0.39 is 6.36 Å². The zero-order chi connectivity index (χ0) is 26.2. The van der Waals surface area contributed by atoms with Crippen LogP contribution in [0, 0.1) is 17.8 Å². The summed E-state index contributed by atoms with van der Waals surface area (Å²) in [4.78, 5) is 35.7. The molecule has 9 nitrogen and oxygen atoms in total. The molecule has 2 amide bonds. The molecule has 0 radical (unpaired) electrons. The topological polar surface area (TPSA) is 80.1 Å². The van der Waals surface area contributed by atoms with Gasteiger partial charge in [0.1, 0.15) is 11.4 Å². The molecule has 200 valence electrons. The smallest absolute Gasteiger partial charge is 0.406 e. The highest BCUT2D eigenvalue weighted by atomic mass is 19.4. The van der Waals surface area contributed by atoms with Gasteiger partial charge < -0.3 is 23.8 Å². The number of nitrogens with zero attached hydrogens (tertiary/aromatic N) is 5. The quantitative estimate of drug-likeness (QED) is 0.529. The third kappa shape index (κ3) is 6.24. The molecule has 3 heterocycles. The minimum absolute atomic E-state index is 0.120. The van der Waals surface area contributed by atoms with Crippen molar-refractivity contribution < 1.29 is 32.2 Å². The van der Waals surface area contributed by atoms with E-state index in [2.05, 4.69) is 14.6 Å². The lowest BCUT2D eigenvalue weighted by Crippen LogP contribution is -2.46. The minimum Gasteiger partial charge on any atom is -0.406 e. The number of carbonyl (C=O) groups is 2. The van der Waals surface area contributed by atoms with Crippen LogP contribution < -0.4 is 4.74 Å². The Hall–Kier alpha value is -3.12. The summed E-state index contributed by atoms with van der Waals surface area (Å²) < 4.78 is 49.1. The largest absolute Gasteiger partial charge is 0.573 e. The Morgan fingerprint density at radius 3 is 2.57 bits per heavy atom. The van der Waals surface area contributed by atoms with E-state index in [1.54, 1.807) is 35.1 Å². The van der Waals surface area contributed by atoms with E-state index in [9.17, 15) is 22.8 Å². The Labute approximate surface area is 212 Å². The summed E-state index contributed by atoms with van der Waals surface area (Å²) in [5, 5.41) is 0. The fourth-order valence-electron chi connectivity index (χ4n) is 5.46. The molecule has 12 heteroatoms. The third-order valence-electron chi connectivity index (χ3n) is 7.32. The molecule has 37 heavy (non-hydrogen) atoms. The van der Waals surface area contributed by atoms with Crippen LogP contribution in [0.5, 0.6) is 5.75 Å². The molecule has 1 saturated carbocycles. The highest BCUT2D eigenvalue weighted by Crippen LogP contribution is 2.52. The van der Waals surface area contributed by atoms with Crippen molar-refractivity contribution in [1.29, 1.82) is 0 Å². The molecule has 2 aliphatic heterocycles. The minimum atomic E-state index is -4.79. The first-order chi connectivity index (χ1) is 17.7. The molecular weight excluding hydrogens is 491 g/mol. The predicted octanol–water partition coefficient (Wildman–Crippen LogP) is 2.00. The van der Waals surface area contributed by atoms with E-state index in [-0.39, 0.29) is 35.7 Å². The van der Waals surface area contributed by atoms with Crippen molar-refractivity contribution in [2.45, 2.75) is 12.9 Å². The lowest BCUT2D eigenvalue weighted by Gasteiger charge is -2.29. The molecule has 0 spiro atoms. The van der Waals surface area contributed by atoms with Crippen molar-refractivity contribution in [3.05, 3.63) is 48.0 Å². The Kier molecular flexibility index (Phi) is 7.13. The van der Waals surface area contributed by atoms with E-state index in [0.717, 1.165) is 13.1 Å². The number of ether oxygens (including phenoxy) is 2. The van der Waals surface area contributed by atoms with Gasteiger partial charge in [-0.3, -0.25) is 14.5 Å². The maximum atomic E-state index is 13.3. The highest BCUT2D eigenvalue weighted by molar-refractivity contribution is 5.92. The molecule has 2 atom stereocenters. The molecule has 0 N–H and O–H groups in total. The number of morpholine rings is 1. The van der Waals surface area contributed by atoms with E-state index in [1.807, 2.05) is 4.90 Å². The Morgan fingerprint density at radius 2 is 1.92 bits per heavy atom. The predicted molar refractivity (Wildman–Crippen MR) is 125 cm³/mol. The average molecular weight is 522 g/mol.